The number of hydrogen-bond acceptors (Lipinski definition) is 4. The molecular weight excluding hydrogens is 377 g/mol. The Bertz CT molecular complexity index is 690. The van der Waals surface area contributed by atoms with Gasteiger partial charge in [-0.15, -0.1) is 0 Å². The third-order valence-electron chi connectivity index (χ3n) is 3.12. The van der Waals surface area contributed by atoms with E-state index in [0.29, 0.717) is 12.2 Å². The fourth-order valence-electron chi connectivity index (χ4n) is 2.03. The highest BCUT2D eigenvalue weighted by Crippen LogP contribution is 2.36. The Morgan fingerprint density at radius 1 is 1.04 bits per heavy atom. The molecule has 2 aromatic rings. The number of rotatable bonds is 8. The van der Waals surface area contributed by atoms with Crippen molar-refractivity contribution in [2.24, 2.45) is 0 Å². The summed E-state index contributed by atoms with van der Waals surface area (Å²) in [6.45, 7) is -0.816. The zero-order valence-corrected chi connectivity index (χ0v) is 14.7. The van der Waals surface area contributed by atoms with Gasteiger partial charge in [0.05, 0.1) is 22.8 Å². The SMILES string of the molecule is CC(CCOc1c(Cl)cc(O)cc1Cl)Oc1cccc(OC(F)F)c1. The molecule has 1 N–H and O–H groups in total. The summed E-state index contributed by atoms with van der Waals surface area (Å²) in [7, 11) is 0. The number of phenols is 1. The van der Waals surface area contributed by atoms with Crippen LogP contribution in [0.15, 0.2) is 36.4 Å². The van der Waals surface area contributed by atoms with Gasteiger partial charge in [-0.1, -0.05) is 29.3 Å². The average Bonchev–Trinajstić information content (AvgIpc) is 2.49. The predicted octanol–water partition coefficient (Wildman–Crippen LogP) is 5.54. The highest BCUT2D eigenvalue weighted by atomic mass is 35.5. The second-order valence-electron chi connectivity index (χ2n) is 5.16. The van der Waals surface area contributed by atoms with Crippen molar-refractivity contribution in [1.82, 2.24) is 0 Å². The van der Waals surface area contributed by atoms with Gasteiger partial charge < -0.3 is 19.3 Å². The lowest BCUT2D eigenvalue weighted by molar-refractivity contribution is -0.0499. The van der Waals surface area contributed by atoms with E-state index in [1.54, 1.807) is 12.1 Å². The molecule has 2 rings (SSSR count). The summed E-state index contributed by atoms with van der Waals surface area (Å²) in [6, 6.07) is 8.67. The summed E-state index contributed by atoms with van der Waals surface area (Å²) in [5, 5.41) is 9.78. The Morgan fingerprint density at radius 3 is 2.24 bits per heavy atom. The summed E-state index contributed by atoms with van der Waals surface area (Å²) >= 11 is 11.9. The summed E-state index contributed by atoms with van der Waals surface area (Å²) in [5.41, 5.74) is 0. The van der Waals surface area contributed by atoms with Gasteiger partial charge in [-0.2, -0.15) is 8.78 Å². The zero-order chi connectivity index (χ0) is 18.4. The molecule has 8 heteroatoms. The first-order valence-corrected chi connectivity index (χ1v) is 8.13. The van der Waals surface area contributed by atoms with Crippen molar-refractivity contribution in [3.05, 3.63) is 46.4 Å². The van der Waals surface area contributed by atoms with Crippen LogP contribution in [0.2, 0.25) is 10.0 Å². The Morgan fingerprint density at radius 2 is 1.64 bits per heavy atom. The van der Waals surface area contributed by atoms with E-state index < -0.39 is 6.61 Å². The van der Waals surface area contributed by atoms with E-state index in [1.165, 1.54) is 24.3 Å². The van der Waals surface area contributed by atoms with E-state index in [4.69, 9.17) is 32.7 Å². The molecule has 136 valence electrons. The molecule has 0 heterocycles. The number of ether oxygens (including phenoxy) is 3. The fraction of sp³-hybridized carbons (Fsp3) is 0.294. The van der Waals surface area contributed by atoms with Crippen molar-refractivity contribution in [2.45, 2.75) is 26.1 Å². The number of benzene rings is 2. The number of aromatic hydroxyl groups is 1. The standard InChI is InChI=1S/C17H16Cl2F2O4/c1-10(24-12-3-2-4-13(9-12)25-17(20)21)5-6-23-16-14(18)7-11(22)8-15(16)19/h2-4,7-10,17,22H,5-6H2,1H3. The van der Waals surface area contributed by atoms with Crippen LogP contribution < -0.4 is 14.2 Å². The number of alkyl halides is 2. The number of halogens is 4. The van der Waals surface area contributed by atoms with E-state index in [0.717, 1.165) is 0 Å². The molecule has 0 aliphatic heterocycles. The average molecular weight is 393 g/mol. The van der Waals surface area contributed by atoms with Crippen LogP contribution in [-0.2, 0) is 0 Å². The second kappa shape index (κ2) is 8.97. The van der Waals surface area contributed by atoms with Crippen LogP contribution in [0.5, 0.6) is 23.0 Å². The van der Waals surface area contributed by atoms with Crippen LogP contribution >= 0.6 is 23.2 Å². The van der Waals surface area contributed by atoms with Gasteiger partial charge in [-0.05, 0) is 19.1 Å². The van der Waals surface area contributed by atoms with E-state index in [2.05, 4.69) is 4.74 Å². The van der Waals surface area contributed by atoms with Crippen molar-refractivity contribution < 1.29 is 28.1 Å². The van der Waals surface area contributed by atoms with Crippen molar-refractivity contribution in [3.63, 3.8) is 0 Å². The van der Waals surface area contributed by atoms with Crippen LogP contribution in [-0.4, -0.2) is 24.4 Å². The van der Waals surface area contributed by atoms with Crippen LogP contribution in [0.4, 0.5) is 8.78 Å². The molecule has 0 aromatic heterocycles. The van der Waals surface area contributed by atoms with E-state index in [-0.39, 0.29) is 40.0 Å². The van der Waals surface area contributed by atoms with E-state index >= 15 is 0 Å². The minimum absolute atomic E-state index is 0.0265. The molecule has 1 unspecified atom stereocenters. The van der Waals surface area contributed by atoms with Crippen LogP contribution in [0, 0.1) is 0 Å². The second-order valence-corrected chi connectivity index (χ2v) is 5.97. The van der Waals surface area contributed by atoms with Crippen LogP contribution in [0.3, 0.4) is 0 Å². The van der Waals surface area contributed by atoms with Gasteiger partial charge >= 0.3 is 6.61 Å². The first kappa shape index (κ1) is 19.4. The maximum atomic E-state index is 12.2. The predicted molar refractivity (Wildman–Crippen MR) is 91.4 cm³/mol. The van der Waals surface area contributed by atoms with E-state index in [1.807, 2.05) is 6.92 Å². The molecule has 0 bridgehead atoms. The fourth-order valence-corrected chi connectivity index (χ4v) is 2.61. The monoisotopic (exact) mass is 392 g/mol. The van der Waals surface area contributed by atoms with Gasteiger partial charge in [-0.25, -0.2) is 0 Å². The topological polar surface area (TPSA) is 47.9 Å². The van der Waals surface area contributed by atoms with Gasteiger partial charge in [-0.3, -0.25) is 0 Å². The number of phenolic OH excluding ortho intramolecular Hbond substituents is 1. The lowest BCUT2D eigenvalue weighted by atomic mass is 10.2. The zero-order valence-electron chi connectivity index (χ0n) is 13.2. The third-order valence-corrected chi connectivity index (χ3v) is 3.68. The third kappa shape index (κ3) is 6.14. The van der Waals surface area contributed by atoms with Gasteiger partial charge in [0, 0.05) is 24.6 Å². The first-order chi connectivity index (χ1) is 11.8. The summed E-state index contributed by atoms with van der Waals surface area (Å²) in [6.07, 6.45) is 0.240. The Hall–Kier alpha value is -1.92. The Kier molecular flexibility index (Phi) is 6.96. The summed E-state index contributed by atoms with van der Waals surface area (Å²) in [5.74, 6) is 0.663. The molecule has 0 amide bonds. The van der Waals surface area contributed by atoms with Crippen LogP contribution in [0.25, 0.3) is 0 Å². The van der Waals surface area contributed by atoms with E-state index in [9.17, 15) is 13.9 Å². The number of hydrogen-bond donors (Lipinski definition) is 1. The highest BCUT2D eigenvalue weighted by Gasteiger charge is 2.12. The summed E-state index contributed by atoms with van der Waals surface area (Å²) in [4.78, 5) is 0. The van der Waals surface area contributed by atoms with Gasteiger partial charge in [0.25, 0.3) is 0 Å². The maximum absolute atomic E-state index is 12.2. The molecular formula is C17H16Cl2F2O4. The largest absolute Gasteiger partial charge is 0.508 e. The molecule has 0 aliphatic carbocycles. The van der Waals surface area contributed by atoms with Crippen molar-refractivity contribution in [2.75, 3.05) is 6.61 Å². The highest BCUT2D eigenvalue weighted by molar-refractivity contribution is 6.37. The molecule has 4 nitrogen and oxygen atoms in total. The van der Waals surface area contributed by atoms with Crippen molar-refractivity contribution >= 4 is 23.2 Å². The van der Waals surface area contributed by atoms with Crippen molar-refractivity contribution in [3.8, 4) is 23.0 Å². The van der Waals surface area contributed by atoms with Gasteiger partial charge in [0.1, 0.15) is 17.2 Å². The molecule has 25 heavy (non-hydrogen) atoms. The van der Waals surface area contributed by atoms with Crippen molar-refractivity contribution in [1.29, 1.82) is 0 Å². The van der Waals surface area contributed by atoms with Gasteiger partial charge in [0.15, 0.2) is 5.75 Å². The molecule has 2 aromatic carbocycles. The van der Waals surface area contributed by atoms with Crippen LogP contribution in [0.1, 0.15) is 13.3 Å². The minimum Gasteiger partial charge on any atom is -0.508 e. The molecule has 0 saturated carbocycles. The lowest BCUT2D eigenvalue weighted by Crippen LogP contribution is -2.16. The maximum Gasteiger partial charge on any atom is 0.387 e. The minimum atomic E-state index is -2.89. The molecule has 0 spiro atoms. The first-order valence-electron chi connectivity index (χ1n) is 7.37. The Labute approximate surface area is 153 Å². The van der Waals surface area contributed by atoms with Gasteiger partial charge in [0.2, 0.25) is 0 Å². The molecule has 0 aliphatic rings. The Balaban J connectivity index is 1.86. The molecule has 0 saturated heterocycles. The normalized spacial score (nSPS) is 12.1. The molecule has 0 fully saturated rings. The summed E-state index contributed by atoms with van der Waals surface area (Å²) < 4.78 is 39.9. The molecule has 0 radical (unpaired) electrons. The quantitative estimate of drug-likeness (QED) is 0.640. The lowest BCUT2D eigenvalue weighted by Gasteiger charge is -2.16. The molecule has 1 atom stereocenters. The smallest absolute Gasteiger partial charge is 0.387 e.